The molecule has 0 aliphatic rings. The van der Waals surface area contributed by atoms with Gasteiger partial charge in [0, 0.05) is 10.8 Å². The van der Waals surface area contributed by atoms with E-state index >= 15 is 0 Å². The number of carbonyl (C=O) groups is 1. The predicted molar refractivity (Wildman–Crippen MR) is 83.4 cm³/mol. The highest BCUT2D eigenvalue weighted by molar-refractivity contribution is 7.81. The Morgan fingerprint density at radius 2 is 1.79 bits per heavy atom. The van der Waals surface area contributed by atoms with E-state index in [9.17, 15) is 4.79 Å². The summed E-state index contributed by atoms with van der Waals surface area (Å²) in [6.07, 6.45) is 0.234. The quantitative estimate of drug-likeness (QED) is 0.658. The van der Waals surface area contributed by atoms with E-state index in [1.54, 1.807) is 6.92 Å². The summed E-state index contributed by atoms with van der Waals surface area (Å²) >= 11 is 4.12. The van der Waals surface area contributed by atoms with Gasteiger partial charge < -0.3 is 10.5 Å². The first-order valence-electron chi connectivity index (χ1n) is 6.42. The third-order valence-electron chi connectivity index (χ3n) is 1.92. The fourth-order valence-electron chi connectivity index (χ4n) is 1.22. The summed E-state index contributed by atoms with van der Waals surface area (Å²) in [6, 6.07) is 9.27. The second-order valence-corrected chi connectivity index (χ2v) is 6.54. The molecular formula is C15H25NO2S. The first-order chi connectivity index (χ1) is 8.74. The van der Waals surface area contributed by atoms with Crippen molar-refractivity contribution in [2.75, 3.05) is 6.61 Å². The molecule has 0 bridgehead atoms. The summed E-state index contributed by atoms with van der Waals surface area (Å²) in [7, 11) is 0. The number of hydrogen-bond acceptors (Lipinski definition) is 4. The van der Waals surface area contributed by atoms with Crippen LogP contribution in [0.15, 0.2) is 30.3 Å². The Morgan fingerprint density at radius 1 is 1.32 bits per heavy atom. The molecule has 4 heteroatoms. The van der Waals surface area contributed by atoms with Gasteiger partial charge in [-0.2, -0.15) is 12.6 Å². The van der Waals surface area contributed by atoms with Crippen LogP contribution in [0.5, 0.6) is 0 Å². The highest BCUT2D eigenvalue weighted by atomic mass is 32.1. The Bertz CT molecular complexity index is 354. The van der Waals surface area contributed by atoms with Crippen LogP contribution in [0.2, 0.25) is 0 Å². The van der Waals surface area contributed by atoms with Crippen LogP contribution in [-0.4, -0.2) is 17.3 Å². The second kappa shape index (κ2) is 8.99. The van der Waals surface area contributed by atoms with Crippen molar-refractivity contribution in [2.24, 2.45) is 5.73 Å². The van der Waals surface area contributed by atoms with E-state index in [1.165, 1.54) is 0 Å². The van der Waals surface area contributed by atoms with Crippen LogP contribution in [0.1, 0.15) is 45.7 Å². The first-order valence-corrected chi connectivity index (χ1v) is 6.87. The molecule has 1 unspecified atom stereocenters. The number of carbonyl (C=O) groups excluding carboxylic acids is 1. The molecule has 0 saturated carbocycles. The van der Waals surface area contributed by atoms with Crippen molar-refractivity contribution in [3.63, 3.8) is 0 Å². The zero-order valence-corrected chi connectivity index (χ0v) is 13.1. The molecule has 0 radical (unpaired) electrons. The van der Waals surface area contributed by atoms with Crippen LogP contribution in [0, 0.1) is 0 Å². The van der Waals surface area contributed by atoms with E-state index in [2.05, 4.69) is 33.4 Å². The van der Waals surface area contributed by atoms with Gasteiger partial charge in [0.1, 0.15) is 0 Å². The van der Waals surface area contributed by atoms with Gasteiger partial charge in [-0.05, 0) is 12.5 Å². The number of hydrogen-bond donors (Lipinski definition) is 2. The Balaban J connectivity index is 0.000000555. The maximum absolute atomic E-state index is 11.1. The average molecular weight is 283 g/mol. The van der Waals surface area contributed by atoms with Gasteiger partial charge >= 0.3 is 5.97 Å². The van der Waals surface area contributed by atoms with Crippen LogP contribution >= 0.6 is 12.6 Å². The number of thiol groups is 1. The summed E-state index contributed by atoms with van der Waals surface area (Å²) in [5.74, 6) is -0.246. The van der Waals surface area contributed by atoms with Crippen molar-refractivity contribution in [1.29, 1.82) is 0 Å². The number of ether oxygens (including phenoxy) is 1. The minimum atomic E-state index is -0.268. The van der Waals surface area contributed by atoms with Gasteiger partial charge in [-0.3, -0.25) is 4.79 Å². The number of nitrogens with two attached hydrogens (primary N) is 1. The topological polar surface area (TPSA) is 52.3 Å². The van der Waals surface area contributed by atoms with Crippen molar-refractivity contribution in [3.8, 4) is 0 Å². The molecule has 0 amide bonds. The molecule has 0 aliphatic heterocycles. The van der Waals surface area contributed by atoms with Crippen molar-refractivity contribution in [1.82, 2.24) is 0 Å². The van der Waals surface area contributed by atoms with E-state index in [1.807, 2.05) is 30.3 Å². The van der Waals surface area contributed by atoms with Crippen LogP contribution in [0.3, 0.4) is 0 Å². The molecule has 108 valence electrons. The summed E-state index contributed by atoms with van der Waals surface area (Å²) < 4.78 is 5.01. The molecule has 2 N–H and O–H groups in total. The lowest BCUT2D eigenvalue weighted by Crippen LogP contribution is -2.17. The molecular weight excluding hydrogens is 258 g/mol. The fraction of sp³-hybridized carbons (Fsp3) is 0.533. The molecule has 0 heterocycles. The predicted octanol–water partition coefficient (Wildman–Crippen LogP) is 3.35. The standard InChI is InChI=1S/C11H15NO2.C4H10S/c1-2-14-11(13)8-10(12)9-6-4-3-5-7-9;1-4(2,3)5/h3-7,10H,2,8,12H2,1H3;5H,1-3H3. The summed E-state index contributed by atoms with van der Waals surface area (Å²) in [5.41, 5.74) is 6.78. The van der Waals surface area contributed by atoms with Gasteiger partial charge in [0.25, 0.3) is 0 Å². The maximum atomic E-state index is 11.1. The first kappa shape index (κ1) is 18.0. The van der Waals surface area contributed by atoms with E-state index in [0.717, 1.165) is 5.56 Å². The smallest absolute Gasteiger partial charge is 0.307 e. The molecule has 0 fully saturated rings. The highest BCUT2D eigenvalue weighted by Crippen LogP contribution is 2.13. The molecule has 1 aromatic carbocycles. The van der Waals surface area contributed by atoms with Gasteiger partial charge in [0.05, 0.1) is 13.0 Å². The van der Waals surface area contributed by atoms with Crippen molar-refractivity contribution in [2.45, 2.75) is 44.9 Å². The molecule has 1 atom stereocenters. The number of esters is 1. The largest absolute Gasteiger partial charge is 0.466 e. The molecule has 1 rings (SSSR count). The van der Waals surface area contributed by atoms with E-state index in [-0.39, 0.29) is 23.2 Å². The van der Waals surface area contributed by atoms with Gasteiger partial charge in [-0.25, -0.2) is 0 Å². The van der Waals surface area contributed by atoms with Crippen LogP contribution in [-0.2, 0) is 9.53 Å². The molecule has 0 aromatic heterocycles. The SMILES string of the molecule is CC(C)(C)S.CCOC(=O)CC(N)c1ccccc1. The third-order valence-corrected chi connectivity index (χ3v) is 1.92. The highest BCUT2D eigenvalue weighted by Gasteiger charge is 2.11. The summed E-state index contributed by atoms with van der Waals surface area (Å²) in [5, 5.41) is 0. The van der Waals surface area contributed by atoms with E-state index < -0.39 is 0 Å². The molecule has 0 aliphatic carbocycles. The average Bonchev–Trinajstić information content (AvgIpc) is 2.28. The fourth-order valence-corrected chi connectivity index (χ4v) is 1.22. The van der Waals surface area contributed by atoms with Gasteiger partial charge in [-0.15, -0.1) is 0 Å². The van der Waals surface area contributed by atoms with Gasteiger partial charge in [0.2, 0.25) is 0 Å². The van der Waals surface area contributed by atoms with Crippen LogP contribution in [0.4, 0.5) is 0 Å². The molecule has 1 aromatic rings. The Kier molecular flexibility index (Phi) is 8.52. The monoisotopic (exact) mass is 283 g/mol. The normalized spacial score (nSPS) is 12.1. The third kappa shape index (κ3) is 11.8. The zero-order chi connectivity index (χ0) is 14.9. The molecule has 19 heavy (non-hydrogen) atoms. The maximum Gasteiger partial charge on any atom is 0.307 e. The van der Waals surface area contributed by atoms with Gasteiger partial charge in [0.15, 0.2) is 0 Å². The Morgan fingerprint density at radius 3 is 2.21 bits per heavy atom. The lowest BCUT2D eigenvalue weighted by molar-refractivity contribution is -0.143. The lowest BCUT2D eigenvalue weighted by atomic mass is 10.1. The second-order valence-electron chi connectivity index (χ2n) is 5.20. The zero-order valence-electron chi connectivity index (χ0n) is 12.2. The Labute approximate surface area is 121 Å². The number of rotatable bonds is 4. The molecule has 0 spiro atoms. The van der Waals surface area contributed by atoms with Crippen molar-refractivity contribution >= 4 is 18.6 Å². The van der Waals surface area contributed by atoms with Gasteiger partial charge in [-0.1, -0.05) is 51.1 Å². The number of benzene rings is 1. The Hall–Kier alpha value is -1.00. The van der Waals surface area contributed by atoms with E-state index in [4.69, 9.17) is 10.5 Å². The van der Waals surface area contributed by atoms with Crippen LogP contribution in [0.25, 0.3) is 0 Å². The van der Waals surface area contributed by atoms with E-state index in [0.29, 0.717) is 6.61 Å². The lowest BCUT2D eigenvalue weighted by Gasteiger charge is -2.10. The van der Waals surface area contributed by atoms with Crippen LogP contribution < -0.4 is 5.73 Å². The summed E-state index contributed by atoms with van der Waals surface area (Å²) in [4.78, 5) is 11.1. The summed E-state index contributed by atoms with van der Waals surface area (Å²) in [6.45, 7) is 8.34. The minimum absolute atomic E-state index is 0.194. The van der Waals surface area contributed by atoms with Crippen molar-refractivity contribution in [3.05, 3.63) is 35.9 Å². The van der Waals surface area contributed by atoms with Crippen molar-refractivity contribution < 1.29 is 9.53 Å². The molecule has 3 nitrogen and oxygen atoms in total. The minimum Gasteiger partial charge on any atom is -0.466 e. The molecule has 0 saturated heterocycles.